The monoisotopic (exact) mass is 291 g/mol. The molecule has 0 radical (unpaired) electrons. The van der Waals surface area contributed by atoms with E-state index in [1.165, 1.54) is 11.1 Å². The third-order valence-electron chi connectivity index (χ3n) is 4.36. The van der Waals surface area contributed by atoms with Crippen molar-refractivity contribution in [3.63, 3.8) is 0 Å². The van der Waals surface area contributed by atoms with Gasteiger partial charge in [0.2, 0.25) is 0 Å². The number of benzene rings is 1. The Hall–Kier alpha value is -1.02. The molecule has 2 heteroatoms. The number of ether oxygens (including phenoxy) is 1. The molecule has 0 bridgehead atoms. The summed E-state index contributed by atoms with van der Waals surface area (Å²) in [5, 5.41) is 3.65. The van der Waals surface area contributed by atoms with E-state index in [1.54, 1.807) is 0 Å². The van der Waals surface area contributed by atoms with Gasteiger partial charge in [0.1, 0.15) is 5.75 Å². The van der Waals surface area contributed by atoms with Gasteiger partial charge in [-0.1, -0.05) is 52.3 Å². The van der Waals surface area contributed by atoms with E-state index >= 15 is 0 Å². The third-order valence-corrected chi connectivity index (χ3v) is 4.36. The highest BCUT2D eigenvalue weighted by Crippen LogP contribution is 2.36. The maximum absolute atomic E-state index is 5.85. The smallest absolute Gasteiger partial charge is 0.124 e. The molecule has 2 nitrogen and oxygen atoms in total. The van der Waals surface area contributed by atoms with Gasteiger partial charge in [-0.2, -0.15) is 0 Å². The van der Waals surface area contributed by atoms with Crippen molar-refractivity contribution in [3.8, 4) is 5.75 Å². The SMILES string of the molecule is CCNC(CC(C)C(C)(C)C)c1cc(C)ccc1OCC. The lowest BCUT2D eigenvalue weighted by molar-refractivity contribution is 0.221. The van der Waals surface area contributed by atoms with Crippen molar-refractivity contribution in [2.24, 2.45) is 11.3 Å². The molecule has 1 aromatic rings. The van der Waals surface area contributed by atoms with E-state index in [1.807, 2.05) is 6.92 Å². The molecule has 0 spiro atoms. The van der Waals surface area contributed by atoms with Gasteiger partial charge in [0.25, 0.3) is 0 Å². The van der Waals surface area contributed by atoms with Crippen LogP contribution in [0.25, 0.3) is 0 Å². The summed E-state index contributed by atoms with van der Waals surface area (Å²) in [6, 6.07) is 6.87. The second kappa shape index (κ2) is 7.84. The highest BCUT2D eigenvalue weighted by Gasteiger charge is 2.25. The lowest BCUT2D eigenvalue weighted by Crippen LogP contribution is -2.28. The molecule has 120 valence electrons. The Bertz CT molecular complexity index is 434. The maximum atomic E-state index is 5.85. The molecule has 0 fully saturated rings. The Morgan fingerprint density at radius 2 is 1.86 bits per heavy atom. The highest BCUT2D eigenvalue weighted by molar-refractivity contribution is 5.39. The summed E-state index contributed by atoms with van der Waals surface area (Å²) in [5.74, 6) is 1.66. The van der Waals surface area contributed by atoms with Crippen LogP contribution in [0.1, 0.15) is 65.1 Å². The van der Waals surface area contributed by atoms with Crippen LogP contribution in [0.5, 0.6) is 5.75 Å². The molecule has 1 aromatic carbocycles. The molecule has 0 heterocycles. The fourth-order valence-electron chi connectivity index (χ4n) is 2.50. The predicted molar refractivity (Wildman–Crippen MR) is 92.0 cm³/mol. The van der Waals surface area contributed by atoms with Crippen LogP contribution >= 0.6 is 0 Å². The van der Waals surface area contributed by atoms with E-state index in [0.717, 1.165) is 18.7 Å². The first-order valence-electron chi connectivity index (χ1n) is 8.26. The molecule has 0 saturated carbocycles. The average Bonchev–Trinajstić information content (AvgIpc) is 2.39. The number of rotatable bonds is 7. The summed E-state index contributed by atoms with van der Waals surface area (Å²) >= 11 is 0. The van der Waals surface area contributed by atoms with Crippen molar-refractivity contribution in [1.82, 2.24) is 5.32 Å². The molecule has 1 N–H and O–H groups in total. The molecule has 2 unspecified atom stereocenters. The minimum absolute atomic E-state index is 0.323. The Morgan fingerprint density at radius 1 is 1.19 bits per heavy atom. The zero-order valence-electron chi connectivity index (χ0n) is 14.9. The number of aryl methyl sites for hydroxylation is 1. The summed E-state index contributed by atoms with van der Waals surface area (Å²) in [6.45, 7) is 17.4. The van der Waals surface area contributed by atoms with Crippen molar-refractivity contribution < 1.29 is 4.74 Å². The molecule has 0 aliphatic carbocycles. The van der Waals surface area contributed by atoms with Crippen molar-refractivity contribution in [2.75, 3.05) is 13.2 Å². The topological polar surface area (TPSA) is 21.3 Å². The van der Waals surface area contributed by atoms with Crippen LogP contribution in [0.4, 0.5) is 0 Å². The molecule has 2 atom stereocenters. The molecule has 0 amide bonds. The number of hydrogen-bond acceptors (Lipinski definition) is 2. The van der Waals surface area contributed by atoms with Crippen molar-refractivity contribution in [2.45, 2.75) is 60.9 Å². The first kappa shape index (κ1) is 18.0. The minimum Gasteiger partial charge on any atom is -0.494 e. The second-order valence-corrected chi connectivity index (χ2v) is 7.09. The van der Waals surface area contributed by atoms with Gasteiger partial charge >= 0.3 is 0 Å². The van der Waals surface area contributed by atoms with Gasteiger partial charge in [0.15, 0.2) is 0 Å². The van der Waals surface area contributed by atoms with E-state index in [4.69, 9.17) is 4.74 Å². The van der Waals surface area contributed by atoms with Crippen LogP contribution in [0, 0.1) is 18.3 Å². The third kappa shape index (κ3) is 5.35. The van der Waals surface area contributed by atoms with E-state index < -0.39 is 0 Å². The van der Waals surface area contributed by atoms with Gasteiger partial charge in [-0.15, -0.1) is 0 Å². The van der Waals surface area contributed by atoms with Crippen LogP contribution in [0.3, 0.4) is 0 Å². The zero-order chi connectivity index (χ0) is 16.0. The average molecular weight is 291 g/mol. The van der Waals surface area contributed by atoms with Crippen LogP contribution in [-0.2, 0) is 0 Å². The molecule has 21 heavy (non-hydrogen) atoms. The molecule has 0 aliphatic heterocycles. The summed E-state index contributed by atoms with van der Waals surface area (Å²) in [7, 11) is 0. The molecule has 0 saturated heterocycles. The lowest BCUT2D eigenvalue weighted by atomic mass is 9.77. The standard InChI is InChI=1S/C19H33NO/c1-8-20-17(13-15(4)19(5,6)7)16-12-14(3)10-11-18(16)21-9-2/h10-12,15,17,20H,8-9,13H2,1-7H3. The predicted octanol–water partition coefficient (Wildman–Crippen LogP) is 5.12. The number of hydrogen-bond donors (Lipinski definition) is 1. The van der Waals surface area contributed by atoms with Crippen LogP contribution in [0.2, 0.25) is 0 Å². The fraction of sp³-hybridized carbons (Fsp3) is 0.684. The van der Waals surface area contributed by atoms with Crippen molar-refractivity contribution in [1.29, 1.82) is 0 Å². The van der Waals surface area contributed by atoms with E-state index in [0.29, 0.717) is 24.0 Å². The Labute approximate surface area is 131 Å². The maximum Gasteiger partial charge on any atom is 0.124 e. The summed E-state index contributed by atoms with van der Waals surface area (Å²) in [6.07, 6.45) is 1.13. The summed E-state index contributed by atoms with van der Waals surface area (Å²) in [5.41, 5.74) is 2.91. The molecule has 0 aliphatic rings. The minimum atomic E-state index is 0.323. The quantitative estimate of drug-likeness (QED) is 0.753. The summed E-state index contributed by atoms with van der Waals surface area (Å²) < 4.78 is 5.85. The first-order valence-corrected chi connectivity index (χ1v) is 8.26. The van der Waals surface area contributed by atoms with Gasteiger partial charge in [0.05, 0.1) is 6.61 Å². The van der Waals surface area contributed by atoms with Crippen LogP contribution < -0.4 is 10.1 Å². The van der Waals surface area contributed by atoms with E-state index in [2.05, 4.69) is 65.1 Å². The van der Waals surface area contributed by atoms with Crippen molar-refractivity contribution >= 4 is 0 Å². The Balaban J connectivity index is 3.06. The zero-order valence-corrected chi connectivity index (χ0v) is 14.9. The van der Waals surface area contributed by atoms with Gasteiger partial charge in [-0.3, -0.25) is 0 Å². The summed E-state index contributed by atoms with van der Waals surface area (Å²) in [4.78, 5) is 0. The molecular weight excluding hydrogens is 258 g/mol. The van der Waals surface area contributed by atoms with E-state index in [9.17, 15) is 0 Å². The molecule has 1 rings (SSSR count). The van der Waals surface area contributed by atoms with Crippen LogP contribution in [-0.4, -0.2) is 13.2 Å². The van der Waals surface area contributed by atoms with Gasteiger partial charge in [-0.25, -0.2) is 0 Å². The van der Waals surface area contributed by atoms with Gasteiger partial charge < -0.3 is 10.1 Å². The molecular formula is C19H33NO. The molecule has 0 aromatic heterocycles. The van der Waals surface area contributed by atoms with Gasteiger partial charge in [0, 0.05) is 11.6 Å². The highest BCUT2D eigenvalue weighted by atomic mass is 16.5. The van der Waals surface area contributed by atoms with E-state index in [-0.39, 0.29) is 0 Å². The van der Waals surface area contributed by atoms with Gasteiger partial charge in [-0.05, 0) is 44.2 Å². The van der Waals surface area contributed by atoms with Crippen molar-refractivity contribution in [3.05, 3.63) is 29.3 Å². The fourth-order valence-corrected chi connectivity index (χ4v) is 2.50. The largest absolute Gasteiger partial charge is 0.494 e. The Kier molecular flexibility index (Phi) is 6.73. The first-order chi connectivity index (χ1) is 9.79. The normalized spacial score (nSPS) is 14.8. The Morgan fingerprint density at radius 3 is 2.38 bits per heavy atom. The lowest BCUT2D eigenvalue weighted by Gasteiger charge is -2.32. The second-order valence-electron chi connectivity index (χ2n) is 7.09. The number of nitrogens with one attached hydrogen (secondary N) is 1. The van der Waals surface area contributed by atoms with Crippen LogP contribution in [0.15, 0.2) is 18.2 Å².